The van der Waals surface area contributed by atoms with Gasteiger partial charge in [0.1, 0.15) is 5.75 Å². The van der Waals surface area contributed by atoms with Crippen LogP contribution in [0.25, 0.3) is 0 Å². The molecule has 1 fully saturated rings. The number of aromatic nitrogens is 2. The summed E-state index contributed by atoms with van der Waals surface area (Å²) in [5, 5.41) is 7.77. The molecule has 0 aliphatic carbocycles. The molecule has 2 aromatic rings. The minimum Gasteiger partial charge on any atom is -0.497 e. The van der Waals surface area contributed by atoms with Gasteiger partial charge < -0.3 is 9.15 Å². The first-order valence-corrected chi connectivity index (χ1v) is 9.08. The van der Waals surface area contributed by atoms with E-state index in [2.05, 4.69) is 15.1 Å². The van der Waals surface area contributed by atoms with Gasteiger partial charge in [-0.25, -0.2) is 8.42 Å². The molecular formula is C15H20N4O4S. The van der Waals surface area contributed by atoms with Crippen molar-refractivity contribution in [2.75, 3.05) is 33.3 Å². The Morgan fingerprint density at radius 2 is 1.79 bits per heavy atom. The molecule has 0 amide bonds. The standard InChI is InChI=1S/C15H20N4O4S/c1-12-16-17-15(23-12)11-18-7-9-19(10-8-18)24(20,21)14-5-3-13(22-2)4-6-14/h3-6H,7-11H2,1-2H3. The molecule has 9 heteroatoms. The molecule has 3 rings (SSSR count). The highest BCUT2D eigenvalue weighted by Gasteiger charge is 2.29. The van der Waals surface area contributed by atoms with E-state index in [0.29, 0.717) is 50.3 Å². The molecule has 24 heavy (non-hydrogen) atoms. The van der Waals surface area contributed by atoms with E-state index >= 15 is 0 Å². The average molecular weight is 352 g/mol. The van der Waals surface area contributed by atoms with Crippen LogP contribution < -0.4 is 4.74 Å². The molecule has 8 nitrogen and oxygen atoms in total. The van der Waals surface area contributed by atoms with Crippen molar-refractivity contribution in [2.24, 2.45) is 0 Å². The Labute approximate surface area is 141 Å². The van der Waals surface area contributed by atoms with Gasteiger partial charge in [-0.05, 0) is 24.3 Å². The largest absolute Gasteiger partial charge is 0.497 e. The van der Waals surface area contributed by atoms with Crippen LogP contribution in [0, 0.1) is 6.92 Å². The monoisotopic (exact) mass is 352 g/mol. The highest BCUT2D eigenvalue weighted by Crippen LogP contribution is 2.21. The second-order valence-electron chi connectivity index (χ2n) is 5.57. The Bertz CT molecular complexity index is 780. The summed E-state index contributed by atoms with van der Waals surface area (Å²) in [6.07, 6.45) is 0. The minimum absolute atomic E-state index is 0.282. The minimum atomic E-state index is -3.48. The van der Waals surface area contributed by atoms with Crippen LogP contribution in [0.15, 0.2) is 33.6 Å². The summed E-state index contributed by atoms with van der Waals surface area (Å²) in [6.45, 7) is 4.39. The smallest absolute Gasteiger partial charge is 0.243 e. The van der Waals surface area contributed by atoms with E-state index in [-0.39, 0.29) is 4.90 Å². The highest BCUT2D eigenvalue weighted by molar-refractivity contribution is 7.89. The zero-order chi connectivity index (χ0) is 17.2. The van der Waals surface area contributed by atoms with Crippen LogP contribution in [0.5, 0.6) is 5.75 Å². The van der Waals surface area contributed by atoms with Gasteiger partial charge >= 0.3 is 0 Å². The number of nitrogens with zero attached hydrogens (tertiary/aromatic N) is 4. The second kappa shape index (κ2) is 6.88. The van der Waals surface area contributed by atoms with Crippen molar-refractivity contribution in [2.45, 2.75) is 18.4 Å². The van der Waals surface area contributed by atoms with E-state index in [9.17, 15) is 8.42 Å². The molecule has 1 aromatic carbocycles. The van der Waals surface area contributed by atoms with Crippen LogP contribution in [0.1, 0.15) is 11.8 Å². The van der Waals surface area contributed by atoms with Crippen molar-refractivity contribution >= 4 is 10.0 Å². The summed E-state index contributed by atoms with van der Waals surface area (Å²) in [6, 6.07) is 6.45. The lowest BCUT2D eigenvalue weighted by molar-refractivity contribution is 0.167. The predicted molar refractivity (Wildman–Crippen MR) is 86.1 cm³/mol. The average Bonchev–Trinajstić information content (AvgIpc) is 3.00. The van der Waals surface area contributed by atoms with Crippen LogP contribution in [0.2, 0.25) is 0 Å². The fraction of sp³-hybridized carbons (Fsp3) is 0.467. The number of hydrogen-bond acceptors (Lipinski definition) is 7. The molecule has 130 valence electrons. The number of aryl methyl sites for hydroxylation is 1. The molecule has 1 saturated heterocycles. The van der Waals surface area contributed by atoms with E-state index in [1.54, 1.807) is 38.3 Å². The molecule has 0 radical (unpaired) electrons. The maximum absolute atomic E-state index is 12.7. The lowest BCUT2D eigenvalue weighted by Gasteiger charge is -2.33. The lowest BCUT2D eigenvalue weighted by atomic mass is 10.3. The topological polar surface area (TPSA) is 88.8 Å². The molecule has 1 aliphatic rings. The Morgan fingerprint density at radius 3 is 2.33 bits per heavy atom. The molecule has 2 heterocycles. The number of benzene rings is 1. The molecular weight excluding hydrogens is 332 g/mol. The van der Waals surface area contributed by atoms with Gasteiger partial charge in [-0.3, -0.25) is 4.90 Å². The third kappa shape index (κ3) is 3.58. The van der Waals surface area contributed by atoms with Gasteiger partial charge in [0.2, 0.25) is 21.8 Å². The van der Waals surface area contributed by atoms with Crippen molar-refractivity contribution in [1.29, 1.82) is 0 Å². The van der Waals surface area contributed by atoms with Gasteiger partial charge in [0.05, 0.1) is 18.6 Å². The van der Waals surface area contributed by atoms with E-state index in [1.807, 2.05) is 0 Å². The zero-order valence-corrected chi connectivity index (χ0v) is 14.5. The van der Waals surface area contributed by atoms with E-state index in [1.165, 1.54) is 4.31 Å². The van der Waals surface area contributed by atoms with Crippen molar-refractivity contribution in [3.63, 3.8) is 0 Å². The van der Waals surface area contributed by atoms with Crippen molar-refractivity contribution < 1.29 is 17.6 Å². The van der Waals surface area contributed by atoms with Gasteiger partial charge in [-0.1, -0.05) is 0 Å². The summed E-state index contributed by atoms with van der Waals surface area (Å²) >= 11 is 0. The normalized spacial score (nSPS) is 17.1. The Kier molecular flexibility index (Phi) is 4.83. The Morgan fingerprint density at radius 1 is 1.12 bits per heavy atom. The van der Waals surface area contributed by atoms with Crippen LogP contribution in [0.4, 0.5) is 0 Å². The first kappa shape index (κ1) is 16.9. The van der Waals surface area contributed by atoms with E-state index in [0.717, 1.165) is 0 Å². The van der Waals surface area contributed by atoms with Crippen LogP contribution in [0.3, 0.4) is 0 Å². The summed E-state index contributed by atoms with van der Waals surface area (Å²) in [5.74, 6) is 1.72. The number of sulfonamides is 1. The van der Waals surface area contributed by atoms with Crippen LogP contribution in [-0.2, 0) is 16.6 Å². The van der Waals surface area contributed by atoms with Crippen LogP contribution >= 0.6 is 0 Å². The fourth-order valence-corrected chi connectivity index (χ4v) is 4.04. The number of piperazine rings is 1. The summed E-state index contributed by atoms with van der Waals surface area (Å²) < 4.78 is 37.3. The zero-order valence-electron chi connectivity index (χ0n) is 13.7. The van der Waals surface area contributed by atoms with E-state index < -0.39 is 10.0 Å². The summed E-state index contributed by atoms with van der Waals surface area (Å²) in [7, 11) is -1.93. The first-order valence-electron chi connectivity index (χ1n) is 7.64. The molecule has 1 aromatic heterocycles. The molecule has 0 spiro atoms. The molecule has 1 aliphatic heterocycles. The van der Waals surface area contributed by atoms with Crippen molar-refractivity contribution in [3.8, 4) is 5.75 Å². The van der Waals surface area contributed by atoms with Gasteiger partial charge in [0, 0.05) is 33.1 Å². The first-order chi connectivity index (χ1) is 11.5. The third-order valence-corrected chi connectivity index (χ3v) is 5.87. The SMILES string of the molecule is COc1ccc(S(=O)(=O)N2CCN(Cc3nnc(C)o3)CC2)cc1. The summed E-state index contributed by atoms with van der Waals surface area (Å²) in [4.78, 5) is 2.39. The van der Waals surface area contributed by atoms with Gasteiger partial charge in [-0.15, -0.1) is 10.2 Å². The Hall–Kier alpha value is -1.97. The van der Waals surface area contributed by atoms with Crippen molar-refractivity contribution in [1.82, 2.24) is 19.4 Å². The predicted octanol–water partition coefficient (Wildman–Crippen LogP) is 0.893. The molecule has 0 atom stereocenters. The number of hydrogen-bond donors (Lipinski definition) is 0. The Balaban J connectivity index is 1.62. The van der Waals surface area contributed by atoms with Gasteiger partial charge in [0.25, 0.3) is 0 Å². The maximum atomic E-state index is 12.7. The van der Waals surface area contributed by atoms with Gasteiger partial charge in [0.15, 0.2) is 0 Å². The lowest BCUT2D eigenvalue weighted by Crippen LogP contribution is -2.48. The maximum Gasteiger partial charge on any atom is 0.243 e. The number of rotatable bonds is 5. The molecule has 0 bridgehead atoms. The highest BCUT2D eigenvalue weighted by atomic mass is 32.2. The quantitative estimate of drug-likeness (QED) is 0.789. The third-order valence-electron chi connectivity index (χ3n) is 3.96. The molecule has 0 unspecified atom stereocenters. The van der Waals surface area contributed by atoms with Crippen LogP contribution in [-0.4, -0.2) is 61.1 Å². The molecule has 0 N–H and O–H groups in total. The van der Waals surface area contributed by atoms with E-state index in [4.69, 9.17) is 9.15 Å². The molecule has 0 saturated carbocycles. The fourth-order valence-electron chi connectivity index (χ4n) is 2.62. The summed E-state index contributed by atoms with van der Waals surface area (Å²) in [5.41, 5.74) is 0. The number of methoxy groups -OCH3 is 1. The second-order valence-corrected chi connectivity index (χ2v) is 7.51. The van der Waals surface area contributed by atoms with Crippen molar-refractivity contribution in [3.05, 3.63) is 36.0 Å². The number of ether oxygens (including phenoxy) is 1. The van der Waals surface area contributed by atoms with Gasteiger partial charge in [-0.2, -0.15) is 4.31 Å².